The van der Waals surface area contributed by atoms with Crippen LogP contribution in [0.2, 0.25) is 5.15 Å². The van der Waals surface area contributed by atoms with Crippen LogP contribution in [0, 0.1) is 0 Å². The highest BCUT2D eigenvalue weighted by Gasteiger charge is 2.29. The maximum atomic E-state index is 11.7. The fourth-order valence-corrected chi connectivity index (χ4v) is 3.66. The maximum absolute atomic E-state index is 11.7. The molecule has 138 valence electrons. The van der Waals surface area contributed by atoms with Gasteiger partial charge in [-0.15, -0.1) is 0 Å². The lowest BCUT2D eigenvalue weighted by Gasteiger charge is -2.39. The minimum atomic E-state index is -0.298. The van der Waals surface area contributed by atoms with Crippen LogP contribution in [0.3, 0.4) is 0 Å². The Balaban J connectivity index is 1.40. The number of likely N-dealkylation sites (tertiary alicyclic amines) is 1. The van der Waals surface area contributed by atoms with Gasteiger partial charge in [-0.1, -0.05) is 41.9 Å². The number of methoxy groups -OCH3 is 1. The van der Waals surface area contributed by atoms with Gasteiger partial charge in [0.05, 0.1) is 24.6 Å². The van der Waals surface area contributed by atoms with E-state index in [4.69, 9.17) is 16.3 Å². The third-order valence-electron chi connectivity index (χ3n) is 4.91. The van der Waals surface area contributed by atoms with Crippen molar-refractivity contribution in [2.75, 3.05) is 20.2 Å². The van der Waals surface area contributed by atoms with Gasteiger partial charge >= 0.3 is 5.97 Å². The van der Waals surface area contributed by atoms with Crippen molar-refractivity contribution in [2.45, 2.75) is 12.5 Å². The molecule has 3 aromatic rings. The number of hydrogen-bond donors (Lipinski definition) is 0. The van der Waals surface area contributed by atoms with E-state index in [1.807, 2.05) is 48.7 Å². The summed E-state index contributed by atoms with van der Waals surface area (Å²) in [5.41, 5.74) is 3.73. The molecule has 27 heavy (non-hydrogen) atoms. The number of esters is 1. The van der Waals surface area contributed by atoms with E-state index < -0.39 is 0 Å². The van der Waals surface area contributed by atoms with E-state index in [9.17, 15) is 4.79 Å². The normalized spacial score (nSPS) is 14.7. The van der Waals surface area contributed by atoms with Crippen molar-refractivity contribution in [2.24, 2.45) is 0 Å². The molecule has 1 aromatic heterocycles. The first-order valence-corrected chi connectivity index (χ1v) is 9.22. The van der Waals surface area contributed by atoms with Crippen LogP contribution in [0.25, 0.3) is 5.69 Å². The molecule has 1 aliphatic heterocycles. The third kappa shape index (κ3) is 3.61. The molecule has 0 saturated carbocycles. The Morgan fingerprint density at radius 2 is 1.96 bits per heavy atom. The van der Waals surface area contributed by atoms with Crippen molar-refractivity contribution in [1.29, 1.82) is 0 Å². The Morgan fingerprint density at radius 3 is 2.70 bits per heavy atom. The molecule has 2 aromatic carbocycles. The van der Waals surface area contributed by atoms with Crippen LogP contribution in [0.5, 0.6) is 0 Å². The topological polar surface area (TPSA) is 47.4 Å². The van der Waals surface area contributed by atoms with Gasteiger partial charge in [-0.3, -0.25) is 4.90 Å². The van der Waals surface area contributed by atoms with E-state index in [0.717, 1.165) is 30.9 Å². The highest BCUT2D eigenvalue weighted by molar-refractivity contribution is 6.30. The van der Waals surface area contributed by atoms with Gasteiger partial charge in [-0.2, -0.15) is 5.10 Å². The number of ether oxygens (including phenoxy) is 1. The maximum Gasteiger partial charge on any atom is 0.337 e. The van der Waals surface area contributed by atoms with Crippen LogP contribution >= 0.6 is 11.6 Å². The van der Waals surface area contributed by atoms with Gasteiger partial charge in [0.2, 0.25) is 0 Å². The number of aromatic nitrogens is 2. The van der Waals surface area contributed by atoms with E-state index in [2.05, 4.69) is 16.1 Å². The highest BCUT2D eigenvalue weighted by atomic mass is 35.5. The summed E-state index contributed by atoms with van der Waals surface area (Å²) in [4.78, 5) is 14.0. The van der Waals surface area contributed by atoms with E-state index in [0.29, 0.717) is 16.6 Å². The summed E-state index contributed by atoms with van der Waals surface area (Å²) >= 11 is 6.53. The molecule has 6 heteroatoms. The summed E-state index contributed by atoms with van der Waals surface area (Å²) in [6, 6.07) is 17.5. The van der Waals surface area contributed by atoms with Crippen molar-refractivity contribution < 1.29 is 9.53 Å². The molecule has 0 atom stereocenters. The van der Waals surface area contributed by atoms with Crippen LogP contribution < -0.4 is 0 Å². The van der Waals surface area contributed by atoms with Crippen LogP contribution in [0.4, 0.5) is 0 Å². The SMILES string of the molecule is COC(=O)c1cccc(C2CN(Cc3cnn(-c4ccccc4)c3Cl)C2)c1. The standard InChI is InChI=1S/C21H20ClN3O2/c1-27-21(26)16-7-5-6-15(10-16)18-13-24(14-18)12-17-11-23-25(20(17)22)19-8-3-2-4-9-19/h2-11,18H,12-14H2,1H3. The fraction of sp³-hybridized carbons (Fsp3) is 0.238. The van der Waals surface area contributed by atoms with Gasteiger partial charge < -0.3 is 4.74 Å². The second-order valence-electron chi connectivity index (χ2n) is 6.72. The predicted molar refractivity (Wildman–Crippen MR) is 104 cm³/mol. The molecular formula is C21H20ClN3O2. The molecule has 2 heterocycles. The van der Waals surface area contributed by atoms with Crippen molar-refractivity contribution in [3.05, 3.63) is 82.6 Å². The van der Waals surface area contributed by atoms with Gasteiger partial charge in [-0.05, 0) is 29.8 Å². The third-order valence-corrected chi connectivity index (χ3v) is 5.31. The van der Waals surface area contributed by atoms with E-state index in [-0.39, 0.29) is 5.97 Å². The Hall–Kier alpha value is -2.63. The molecule has 0 aliphatic carbocycles. The lowest BCUT2D eigenvalue weighted by Crippen LogP contribution is -2.44. The molecule has 0 bridgehead atoms. The van der Waals surface area contributed by atoms with E-state index in [1.165, 1.54) is 12.7 Å². The molecule has 5 nitrogen and oxygen atoms in total. The Labute approximate surface area is 163 Å². The minimum Gasteiger partial charge on any atom is -0.465 e. The first-order valence-electron chi connectivity index (χ1n) is 8.84. The number of carbonyl (C=O) groups is 1. The second-order valence-corrected chi connectivity index (χ2v) is 7.07. The van der Waals surface area contributed by atoms with Crippen LogP contribution in [-0.4, -0.2) is 40.8 Å². The number of para-hydroxylation sites is 1. The second kappa shape index (κ2) is 7.55. The molecule has 0 unspecified atom stereocenters. The Kier molecular flexibility index (Phi) is 4.97. The fourth-order valence-electron chi connectivity index (χ4n) is 3.41. The summed E-state index contributed by atoms with van der Waals surface area (Å²) in [6.07, 6.45) is 1.83. The number of benzene rings is 2. The number of halogens is 1. The molecule has 0 radical (unpaired) electrons. The van der Waals surface area contributed by atoms with Crippen LogP contribution in [0.1, 0.15) is 27.4 Å². The molecule has 4 rings (SSSR count). The molecule has 0 amide bonds. The molecule has 0 N–H and O–H groups in total. The number of rotatable bonds is 5. The first kappa shape index (κ1) is 17.8. The van der Waals surface area contributed by atoms with Crippen molar-refractivity contribution in [1.82, 2.24) is 14.7 Å². The first-order chi connectivity index (χ1) is 13.2. The summed E-state index contributed by atoms with van der Waals surface area (Å²) in [7, 11) is 1.40. The minimum absolute atomic E-state index is 0.298. The van der Waals surface area contributed by atoms with Gasteiger partial charge in [0.1, 0.15) is 5.15 Å². The summed E-state index contributed by atoms with van der Waals surface area (Å²) in [6.45, 7) is 2.62. The number of nitrogens with zero attached hydrogens (tertiary/aromatic N) is 3. The average molecular weight is 382 g/mol. The summed E-state index contributed by atoms with van der Waals surface area (Å²) in [5.74, 6) is 0.116. The Bertz CT molecular complexity index is 949. The number of hydrogen-bond acceptors (Lipinski definition) is 4. The van der Waals surface area contributed by atoms with E-state index in [1.54, 1.807) is 10.7 Å². The largest absolute Gasteiger partial charge is 0.465 e. The molecule has 0 spiro atoms. The van der Waals surface area contributed by atoms with Gasteiger partial charge in [0.25, 0.3) is 0 Å². The van der Waals surface area contributed by atoms with Gasteiger partial charge in [-0.25, -0.2) is 9.48 Å². The van der Waals surface area contributed by atoms with Gasteiger partial charge in [0, 0.05) is 31.1 Å². The van der Waals surface area contributed by atoms with Gasteiger partial charge in [0.15, 0.2) is 0 Å². The predicted octanol–water partition coefficient (Wildman–Crippen LogP) is 3.91. The van der Waals surface area contributed by atoms with E-state index >= 15 is 0 Å². The summed E-state index contributed by atoms with van der Waals surface area (Å²) in [5, 5.41) is 5.07. The quantitative estimate of drug-likeness (QED) is 0.629. The number of carbonyl (C=O) groups excluding carboxylic acids is 1. The molecular weight excluding hydrogens is 362 g/mol. The zero-order chi connectivity index (χ0) is 18.8. The Morgan fingerprint density at radius 1 is 1.19 bits per heavy atom. The summed E-state index contributed by atoms with van der Waals surface area (Å²) < 4.78 is 6.56. The zero-order valence-electron chi connectivity index (χ0n) is 15.0. The zero-order valence-corrected chi connectivity index (χ0v) is 15.8. The monoisotopic (exact) mass is 381 g/mol. The van der Waals surface area contributed by atoms with Crippen molar-refractivity contribution in [3.8, 4) is 5.69 Å². The lowest BCUT2D eigenvalue weighted by atomic mass is 9.90. The van der Waals surface area contributed by atoms with Crippen LogP contribution in [-0.2, 0) is 11.3 Å². The average Bonchev–Trinajstić information content (AvgIpc) is 3.04. The van der Waals surface area contributed by atoms with Crippen molar-refractivity contribution >= 4 is 17.6 Å². The van der Waals surface area contributed by atoms with Crippen molar-refractivity contribution in [3.63, 3.8) is 0 Å². The smallest absolute Gasteiger partial charge is 0.337 e. The molecule has 1 aliphatic rings. The lowest BCUT2D eigenvalue weighted by molar-refractivity contribution is 0.0600. The highest BCUT2D eigenvalue weighted by Crippen LogP contribution is 2.30. The molecule has 1 fully saturated rings. The molecule has 1 saturated heterocycles. The van der Waals surface area contributed by atoms with Crippen LogP contribution in [0.15, 0.2) is 60.8 Å².